The van der Waals surface area contributed by atoms with Crippen molar-refractivity contribution in [2.45, 2.75) is 50.4 Å². The van der Waals surface area contributed by atoms with E-state index in [4.69, 9.17) is 11.6 Å². The van der Waals surface area contributed by atoms with Crippen molar-refractivity contribution in [2.75, 3.05) is 0 Å². The first-order valence-electron chi connectivity index (χ1n) is 9.06. The highest BCUT2D eigenvalue weighted by Crippen LogP contribution is 2.37. The third-order valence-electron chi connectivity index (χ3n) is 5.55. The average molecular weight is 355 g/mol. The van der Waals surface area contributed by atoms with Gasteiger partial charge in [-0.25, -0.2) is 0 Å². The van der Waals surface area contributed by atoms with Crippen LogP contribution in [0.25, 0.3) is 0 Å². The summed E-state index contributed by atoms with van der Waals surface area (Å²) in [7, 11) is 0. The van der Waals surface area contributed by atoms with E-state index in [1.165, 1.54) is 18.4 Å². The van der Waals surface area contributed by atoms with Crippen LogP contribution in [0.4, 0.5) is 0 Å². The molecule has 0 aliphatic carbocycles. The summed E-state index contributed by atoms with van der Waals surface area (Å²) in [6, 6.07) is 19.3. The minimum atomic E-state index is -0.0495. The molecule has 2 aromatic rings. The number of carbonyl (C=O) groups excluding carboxylic acids is 1. The van der Waals surface area contributed by atoms with E-state index in [1.54, 1.807) is 12.1 Å². The Hall–Kier alpha value is -1.84. The maximum Gasteiger partial charge on any atom is 0.253 e. The molecule has 0 unspecified atom stereocenters. The van der Waals surface area contributed by atoms with Crippen LogP contribution in [0.1, 0.15) is 41.6 Å². The molecular formula is C21H23ClN2O. The summed E-state index contributed by atoms with van der Waals surface area (Å²) in [6.07, 6.45) is 4.52. The van der Waals surface area contributed by atoms with Gasteiger partial charge in [0.2, 0.25) is 0 Å². The number of piperidine rings is 1. The molecule has 0 aromatic heterocycles. The molecule has 2 atom stereocenters. The molecule has 0 spiro atoms. The molecule has 2 saturated heterocycles. The van der Waals surface area contributed by atoms with Gasteiger partial charge < -0.3 is 5.32 Å². The number of benzene rings is 2. The molecule has 2 bridgehead atoms. The van der Waals surface area contributed by atoms with Crippen molar-refractivity contribution in [2.24, 2.45) is 0 Å². The zero-order valence-electron chi connectivity index (χ0n) is 14.2. The number of hydrogen-bond donors (Lipinski definition) is 1. The predicted octanol–water partition coefficient (Wildman–Crippen LogP) is 4.27. The average Bonchev–Trinajstić information content (AvgIpc) is 2.85. The van der Waals surface area contributed by atoms with E-state index in [9.17, 15) is 4.79 Å². The maximum atomic E-state index is 12.5. The molecule has 2 aliphatic rings. The van der Waals surface area contributed by atoms with E-state index in [2.05, 4.69) is 40.5 Å². The second-order valence-electron chi connectivity index (χ2n) is 7.16. The minimum Gasteiger partial charge on any atom is -0.349 e. The lowest BCUT2D eigenvalue weighted by Gasteiger charge is -2.39. The van der Waals surface area contributed by atoms with E-state index in [0.29, 0.717) is 22.7 Å². The number of amides is 1. The summed E-state index contributed by atoms with van der Waals surface area (Å²) in [5.41, 5.74) is 1.95. The molecule has 2 aliphatic heterocycles. The monoisotopic (exact) mass is 354 g/mol. The van der Waals surface area contributed by atoms with Gasteiger partial charge in [0.25, 0.3) is 5.91 Å². The van der Waals surface area contributed by atoms with Crippen LogP contribution in [0.2, 0.25) is 5.02 Å². The van der Waals surface area contributed by atoms with Crippen molar-refractivity contribution in [1.82, 2.24) is 10.2 Å². The van der Waals surface area contributed by atoms with Gasteiger partial charge >= 0.3 is 0 Å². The maximum absolute atomic E-state index is 12.5. The smallest absolute Gasteiger partial charge is 0.253 e. The zero-order chi connectivity index (χ0) is 17.2. The molecule has 1 amide bonds. The van der Waals surface area contributed by atoms with Crippen LogP contribution in [0.15, 0.2) is 54.6 Å². The van der Waals surface area contributed by atoms with E-state index in [0.717, 1.165) is 19.4 Å². The first kappa shape index (κ1) is 16.6. The lowest BCUT2D eigenvalue weighted by Crippen LogP contribution is -2.50. The molecule has 2 heterocycles. The van der Waals surface area contributed by atoms with Crippen LogP contribution in [0.5, 0.6) is 0 Å². The molecule has 0 radical (unpaired) electrons. The number of carbonyl (C=O) groups is 1. The standard InChI is InChI=1S/C21H23ClN2O/c22-20-9-5-4-8-19(20)21(25)23-16-12-17-10-11-18(13-16)24(17)14-15-6-2-1-3-7-15/h1-9,16-18H,10-14H2,(H,23,25)/t17-,18-/m1/s1. The van der Waals surface area contributed by atoms with Gasteiger partial charge in [0.1, 0.15) is 0 Å². The van der Waals surface area contributed by atoms with E-state index in [1.807, 2.05) is 12.1 Å². The van der Waals surface area contributed by atoms with Gasteiger partial charge in [-0.15, -0.1) is 0 Å². The largest absolute Gasteiger partial charge is 0.349 e. The van der Waals surface area contributed by atoms with Crippen molar-refractivity contribution >= 4 is 17.5 Å². The number of nitrogens with one attached hydrogen (secondary N) is 1. The first-order chi connectivity index (χ1) is 12.2. The fourth-order valence-corrected chi connectivity index (χ4v) is 4.57. The van der Waals surface area contributed by atoms with E-state index >= 15 is 0 Å². The molecule has 2 aromatic carbocycles. The Morgan fingerprint density at radius 1 is 1.00 bits per heavy atom. The quantitative estimate of drug-likeness (QED) is 0.889. The fourth-order valence-electron chi connectivity index (χ4n) is 4.35. The Morgan fingerprint density at radius 2 is 1.64 bits per heavy atom. The second kappa shape index (κ2) is 7.19. The van der Waals surface area contributed by atoms with Gasteiger partial charge in [0.05, 0.1) is 10.6 Å². The van der Waals surface area contributed by atoms with Gasteiger partial charge in [0, 0.05) is 24.7 Å². The number of hydrogen-bond acceptors (Lipinski definition) is 2. The lowest BCUT2D eigenvalue weighted by atomic mass is 9.96. The molecule has 0 saturated carbocycles. The highest BCUT2D eigenvalue weighted by atomic mass is 35.5. The predicted molar refractivity (Wildman–Crippen MR) is 101 cm³/mol. The molecule has 4 heteroatoms. The molecule has 130 valence electrons. The number of nitrogens with zero attached hydrogens (tertiary/aromatic N) is 1. The SMILES string of the molecule is O=C(NC1C[C@H]2CC[C@H](C1)N2Cc1ccccc1)c1ccccc1Cl. The summed E-state index contributed by atoms with van der Waals surface area (Å²) in [6.45, 7) is 1.02. The van der Waals surface area contributed by atoms with Crippen LogP contribution in [0.3, 0.4) is 0 Å². The molecule has 1 N–H and O–H groups in total. The van der Waals surface area contributed by atoms with E-state index < -0.39 is 0 Å². The number of halogens is 1. The minimum absolute atomic E-state index is 0.0495. The van der Waals surface area contributed by atoms with Gasteiger partial charge in [-0.05, 0) is 43.4 Å². The Balaban J connectivity index is 1.40. The van der Waals surface area contributed by atoms with Gasteiger partial charge in [-0.3, -0.25) is 9.69 Å². The summed E-state index contributed by atoms with van der Waals surface area (Å²) < 4.78 is 0. The van der Waals surface area contributed by atoms with Crippen molar-refractivity contribution in [3.05, 3.63) is 70.7 Å². The van der Waals surface area contributed by atoms with Crippen LogP contribution >= 0.6 is 11.6 Å². The van der Waals surface area contributed by atoms with Gasteiger partial charge in [-0.1, -0.05) is 54.1 Å². The highest BCUT2D eigenvalue weighted by Gasteiger charge is 2.40. The van der Waals surface area contributed by atoms with Crippen LogP contribution < -0.4 is 5.32 Å². The normalized spacial score (nSPS) is 25.7. The molecule has 3 nitrogen and oxygen atoms in total. The van der Waals surface area contributed by atoms with Crippen molar-refractivity contribution in [1.29, 1.82) is 0 Å². The van der Waals surface area contributed by atoms with Crippen LogP contribution in [-0.4, -0.2) is 28.9 Å². The first-order valence-corrected chi connectivity index (χ1v) is 9.43. The Kier molecular flexibility index (Phi) is 4.78. The molecule has 4 rings (SSSR count). The highest BCUT2D eigenvalue weighted by molar-refractivity contribution is 6.33. The van der Waals surface area contributed by atoms with Crippen LogP contribution in [-0.2, 0) is 6.54 Å². The molecule has 25 heavy (non-hydrogen) atoms. The van der Waals surface area contributed by atoms with Gasteiger partial charge in [-0.2, -0.15) is 0 Å². The third-order valence-corrected chi connectivity index (χ3v) is 5.88. The van der Waals surface area contributed by atoms with Crippen molar-refractivity contribution in [3.63, 3.8) is 0 Å². The van der Waals surface area contributed by atoms with Crippen LogP contribution in [0, 0.1) is 0 Å². The van der Waals surface area contributed by atoms with Gasteiger partial charge in [0.15, 0.2) is 0 Å². The summed E-state index contributed by atoms with van der Waals surface area (Å²) in [5, 5.41) is 3.73. The van der Waals surface area contributed by atoms with Crippen molar-refractivity contribution in [3.8, 4) is 0 Å². The van der Waals surface area contributed by atoms with E-state index in [-0.39, 0.29) is 11.9 Å². The summed E-state index contributed by atoms with van der Waals surface area (Å²) in [5.74, 6) is -0.0495. The number of fused-ring (bicyclic) bond motifs is 2. The second-order valence-corrected chi connectivity index (χ2v) is 7.57. The Bertz CT molecular complexity index is 735. The Morgan fingerprint density at radius 3 is 2.32 bits per heavy atom. The zero-order valence-corrected chi connectivity index (χ0v) is 15.0. The Labute approximate surface area is 154 Å². The topological polar surface area (TPSA) is 32.3 Å². The molecular weight excluding hydrogens is 332 g/mol. The summed E-state index contributed by atoms with van der Waals surface area (Å²) >= 11 is 6.15. The third kappa shape index (κ3) is 3.58. The number of rotatable bonds is 4. The lowest BCUT2D eigenvalue weighted by molar-refractivity contribution is 0.0828. The molecule has 2 fully saturated rings. The van der Waals surface area contributed by atoms with Crippen molar-refractivity contribution < 1.29 is 4.79 Å². The fraction of sp³-hybridized carbons (Fsp3) is 0.381. The summed E-state index contributed by atoms with van der Waals surface area (Å²) in [4.78, 5) is 15.2.